The van der Waals surface area contributed by atoms with Gasteiger partial charge in [-0.1, -0.05) is 29.8 Å². The van der Waals surface area contributed by atoms with Crippen molar-refractivity contribution in [1.29, 1.82) is 0 Å². The third kappa shape index (κ3) is 4.04. The molecule has 1 heterocycles. The second-order valence-corrected chi connectivity index (χ2v) is 5.96. The minimum Gasteiger partial charge on any atom is -0.382 e. The molecule has 1 atom stereocenters. The molecule has 1 aliphatic rings. The van der Waals surface area contributed by atoms with Crippen LogP contribution in [0.4, 0.5) is 0 Å². The summed E-state index contributed by atoms with van der Waals surface area (Å²) in [6.45, 7) is 6.17. The fourth-order valence-electron chi connectivity index (χ4n) is 2.40. The molecule has 1 aliphatic heterocycles. The van der Waals surface area contributed by atoms with E-state index < -0.39 is 0 Å². The van der Waals surface area contributed by atoms with E-state index in [4.69, 9.17) is 9.47 Å². The molecule has 0 N–H and O–H groups in total. The van der Waals surface area contributed by atoms with Gasteiger partial charge in [-0.3, -0.25) is 0 Å². The van der Waals surface area contributed by atoms with Crippen LogP contribution >= 0.6 is 15.9 Å². The summed E-state index contributed by atoms with van der Waals surface area (Å²) < 4.78 is 11.3. The third-order valence-electron chi connectivity index (χ3n) is 3.00. The Kier molecular flexibility index (Phi) is 5.07. The van der Waals surface area contributed by atoms with Gasteiger partial charge in [0.25, 0.3) is 0 Å². The smallest absolute Gasteiger partial charge is 0.0920 e. The zero-order valence-electron chi connectivity index (χ0n) is 10.1. The van der Waals surface area contributed by atoms with Crippen molar-refractivity contribution in [3.8, 4) is 0 Å². The zero-order chi connectivity index (χ0) is 11.4. The molecule has 0 radical (unpaired) electrons. The quantitative estimate of drug-likeness (QED) is 0.718. The number of halogens is 1. The SMILES string of the molecule is COCC1(CC(C)(C)CBr)CCCCO1. The van der Waals surface area contributed by atoms with Gasteiger partial charge in [0.05, 0.1) is 12.2 Å². The Balaban J connectivity index is 2.63. The molecule has 0 saturated carbocycles. The lowest BCUT2D eigenvalue weighted by Gasteiger charge is -2.41. The highest BCUT2D eigenvalue weighted by molar-refractivity contribution is 9.09. The van der Waals surface area contributed by atoms with E-state index in [-0.39, 0.29) is 11.0 Å². The zero-order valence-corrected chi connectivity index (χ0v) is 11.7. The van der Waals surface area contributed by atoms with Crippen molar-refractivity contribution in [2.75, 3.05) is 25.7 Å². The molecule has 0 aromatic carbocycles. The van der Waals surface area contributed by atoms with Crippen molar-refractivity contribution in [2.24, 2.45) is 5.41 Å². The first-order chi connectivity index (χ1) is 7.04. The fourth-order valence-corrected chi connectivity index (χ4v) is 2.60. The highest BCUT2D eigenvalue weighted by Gasteiger charge is 2.38. The number of rotatable bonds is 5. The molecule has 1 saturated heterocycles. The predicted molar refractivity (Wildman–Crippen MR) is 66.6 cm³/mol. The van der Waals surface area contributed by atoms with Gasteiger partial charge in [0.1, 0.15) is 0 Å². The van der Waals surface area contributed by atoms with Crippen molar-refractivity contribution in [3.05, 3.63) is 0 Å². The first kappa shape index (κ1) is 13.5. The molecule has 0 aliphatic carbocycles. The topological polar surface area (TPSA) is 18.5 Å². The number of hydrogen-bond acceptors (Lipinski definition) is 2. The van der Waals surface area contributed by atoms with Gasteiger partial charge in [0.15, 0.2) is 0 Å². The van der Waals surface area contributed by atoms with Crippen LogP contribution in [-0.4, -0.2) is 31.3 Å². The average molecular weight is 279 g/mol. The van der Waals surface area contributed by atoms with Gasteiger partial charge >= 0.3 is 0 Å². The van der Waals surface area contributed by atoms with Crippen LogP contribution in [0, 0.1) is 5.41 Å². The average Bonchev–Trinajstić information content (AvgIpc) is 2.18. The van der Waals surface area contributed by atoms with Crippen LogP contribution in [0.1, 0.15) is 39.5 Å². The van der Waals surface area contributed by atoms with E-state index in [1.165, 1.54) is 12.8 Å². The molecule has 0 aromatic heterocycles. The highest BCUT2D eigenvalue weighted by atomic mass is 79.9. The van der Waals surface area contributed by atoms with Crippen LogP contribution in [0.2, 0.25) is 0 Å². The van der Waals surface area contributed by atoms with Gasteiger partial charge in [-0.25, -0.2) is 0 Å². The van der Waals surface area contributed by atoms with Gasteiger partial charge in [0.2, 0.25) is 0 Å². The minimum atomic E-state index is -0.0374. The molecular formula is C12H23BrO2. The Hall–Kier alpha value is 0.400. The third-order valence-corrected chi connectivity index (χ3v) is 4.52. The lowest BCUT2D eigenvalue weighted by atomic mass is 9.78. The maximum absolute atomic E-state index is 6.00. The maximum atomic E-state index is 6.00. The molecule has 0 spiro atoms. The van der Waals surface area contributed by atoms with Crippen molar-refractivity contribution < 1.29 is 9.47 Å². The summed E-state index contributed by atoms with van der Waals surface area (Å²) >= 11 is 3.58. The molecule has 2 nitrogen and oxygen atoms in total. The molecule has 1 rings (SSSR count). The van der Waals surface area contributed by atoms with Crippen LogP contribution in [-0.2, 0) is 9.47 Å². The van der Waals surface area contributed by atoms with Crippen LogP contribution in [0.25, 0.3) is 0 Å². The monoisotopic (exact) mass is 278 g/mol. The Morgan fingerprint density at radius 2 is 2.13 bits per heavy atom. The summed E-state index contributed by atoms with van der Waals surface area (Å²) in [5.74, 6) is 0. The normalized spacial score (nSPS) is 28.0. The standard InChI is InChI=1S/C12H23BrO2/c1-11(2,9-13)8-12(10-14-3)6-4-5-7-15-12/h4-10H2,1-3H3. The predicted octanol–water partition coefficient (Wildman–Crippen LogP) is 3.38. The summed E-state index contributed by atoms with van der Waals surface area (Å²) in [6.07, 6.45) is 4.66. The van der Waals surface area contributed by atoms with E-state index >= 15 is 0 Å². The van der Waals surface area contributed by atoms with E-state index in [0.29, 0.717) is 0 Å². The Labute approximate surface area is 102 Å². The van der Waals surface area contributed by atoms with E-state index in [1.54, 1.807) is 7.11 Å². The van der Waals surface area contributed by atoms with Gasteiger partial charge in [0, 0.05) is 19.0 Å². The molecule has 1 unspecified atom stereocenters. The number of alkyl halides is 1. The summed E-state index contributed by atoms with van der Waals surface area (Å²) in [7, 11) is 1.76. The summed E-state index contributed by atoms with van der Waals surface area (Å²) in [5.41, 5.74) is 0.236. The van der Waals surface area contributed by atoms with Gasteiger partial charge in [-0.05, 0) is 31.1 Å². The van der Waals surface area contributed by atoms with E-state index in [1.807, 2.05) is 0 Å². The first-order valence-electron chi connectivity index (χ1n) is 5.72. The highest BCUT2D eigenvalue weighted by Crippen LogP contribution is 2.37. The van der Waals surface area contributed by atoms with Gasteiger partial charge in [-0.2, -0.15) is 0 Å². The van der Waals surface area contributed by atoms with E-state index in [0.717, 1.165) is 31.4 Å². The van der Waals surface area contributed by atoms with Crippen molar-refractivity contribution in [1.82, 2.24) is 0 Å². The Morgan fingerprint density at radius 1 is 1.40 bits per heavy atom. The van der Waals surface area contributed by atoms with E-state index in [9.17, 15) is 0 Å². The van der Waals surface area contributed by atoms with Crippen molar-refractivity contribution in [3.63, 3.8) is 0 Å². The van der Waals surface area contributed by atoms with Gasteiger partial charge < -0.3 is 9.47 Å². The molecule has 1 fully saturated rings. The lowest BCUT2D eigenvalue weighted by Crippen LogP contribution is -2.44. The Bertz CT molecular complexity index is 181. The lowest BCUT2D eigenvalue weighted by molar-refractivity contribution is -0.132. The van der Waals surface area contributed by atoms with Crippen molar-refractivity contribution in [2.45, 2.75) is 45.1 Å². The molecule has 0 amide bonds. The number of hydrogen-bond donors (Lipinski definition) is 0. The maximum Gasteiger partial charge on any atom is 0.0920 e. The molecule has 0 bridgehead atoms. The Morgan fingerprint density at radius 3 is 2.60 bits per heavy atom. The fraction of sp³-hybridized carbons (Fsp3) is 1.00. The summed E-state index contributed by atoms with van der Waals surface area (Å²) in [6, 6.07) is 0. The molecule has 15 heavy (non-hydrogen) atoms. The molecule has 90 valence electrons. The number of methoxy groups -OCH3 is 1. The summed E-state index contributed by atoms with van der Waals surface area (Å²) in [4.78, 5) is 0. The molecular weight excluding hydrogens is 256 g/mol. The van der Waals surface area contributed by atoms with Crippen LogP contribution in [0.3, 0.4) is 0 Å². The van der Waals surface area contributed by atoms with Gasteiger partial charge in [-0.15, -0.1) is 0 Å². The largest absolute Gasteiger partial charge is 0.382 e. The second-order valence-electron chi connectivity index (χ2n) is 5.40. The molecule has 0 aromatic rings. The molecule has 3 heteroatoms. The van der Waals surface area contributed by atoms with Crippen molar-refractivity contribution >= 4 is 15.9 Å². The minimum absolute atomic E-state index is 0.0374. The second kappa shape index (κ2) is 5.65. The first-order valence-corrected chi connectivity index (χ1v) is 6.85. The van der Waals surface area contributed by atoms with Crippen LogP contribution < -0.4 is 0 Å². The number of ether oxygens (including phenoxy) is 2. The summed E-state index contributed by atoms with van der Waals surface area (Å²) in [5, 5.41) is 1.01. The van der Waals surface area contributed by atoms with Crippen LogP contribution in [0.5, 0.6) is 0 Å². The van der Waals surface area contributed by atoms with E-state index in [2.05, 4.69) is 29.8 Å². The van der Waals surface area contributed by atoms with Crippen LogP contribution in [0.15, 0.2) is 0 Å².